The molecule has 0 bridgehead atoms. The summed E-state index contributed by atoms with van der Waals surface area (Å²) in [6.07, 6.45) is 11.3. The van der Waals surface area contributed by atoms with Gasteiger partial charge in [0.2, 0.25) is 0 Å². The average Bonchev–Trinajstić information content (AvgIpc) is 2.67. The molecule has 3 unspecified atom stereocenters. The van der Waals surface area contributed by atoms with E-state index in [4.69, 9.17) is 9.05 Å². The number of phosphoric acid groups is 1. The van der Waals surface area contributed by atoms with Crippen molar-refractivity contribution in [3.63, 3.8) is 0 Å². The lowest BCUT2D eigenvalue weighted by Crippen LogP contribution is -2.22. The van der Waals surface area contributed by atoms with Crippen molar-refractivity contribution in [1.29, 1.82) is 0 Å². The summed E-state index contributed by atoms with van der Waals surface area (Å²) in [4.78, 5) is 19.6. The predicted molar refractivity (Wildman–Crippen MR) is 122 cm³/mol. The lowest BCUT2D eigenvalue weighted by Gasteiger charge is -2.22. The van der Waals surface area contributed by atoms with Crippen LogP contribution in [0, 0.1) is 0 Å². The minimum absolute atomic E-state index is 0.0956. The quantitative estimate of drug-likeness (QED) is 0.145. The Morgan fingerprint density at radius 3 is 2.00 bits per heavy atom. The lowest BCUT2D eigenvalue weighted by atomic mass is 10.1. The molecule has 0 aliphatic carbocycles. The summed E-state index contributed by atoms with van der Waals surface area (Å²) < 4.78 is 38.7. The Balaban J connectivity index is 4.39. The highest BCUT2D eigenvalue weighted by atomic mass is 32.2. The van der Waals surface area contributed by atoms with E-state index in [1.165, 1.54) is 25.7 Å². The Morgan fingerprint density at radius 2 is 1.41 bits per heavy atom. The van der Waals surface area contributed by atoms with Crippen LogP contribution in [0.3, 0.4) is 0 Å². The molecule has 0 heterocycles. The van der Waals surface area contributed by atoms with Gasteiger partial charge in [-0.15, -0.1) is 0 Å². The molecule has 3 atom stereocenters. The molecule has 2 N–H and O–H groups in total. The molecule has 176 valence electrons. The second kappa shape index (κ2) is 18.2. The van der Waals surface area contributed by atoms with Crippen molar-refractivity contribution < 1.29 is 32.5 Å². The molecule has 0 amide bonds. The maximum absolute atomic E-state index is 12.4. The van der Waals surface area contributed by atoms with Crippen molar-refractivity contribution >= 4 is 27.2 Å². The monoisotopic (exact) mass is 476 g/mol. The van der Waals surface area contributed by atoms with Crippen molar-refractivity contribution in [2.24, 2.45) is 0 Å². The Labute approximate surface area is 181 Å². The fourth-order valence-corrected chi connectivity index (χ4v) is 5.63. The van der Waals surface area contributed by atoms with E-state index in [1.807, 2.05) is 0 Å². The van der Waals surface area contributed by atoms with Gasteiger partial charge in [-0.1, -0.05) is 71.6 Å². The molecule has 10 heteroatoms. The third-order valence-corrected chi connectivity index (χ3v) is 8.09. The number of unbranched alkanes of at least 4 members (excludes halogenated alkanes) is 9. The molecule has 0 radical (unpaired) electrons. The fourth-order valence-electron chi connectivity index (χ4n) is 2.74. The first-order valence-electron chi connectivity index (χ1n) is 10.9. The fraction of sp³-hybridized carbons (Fsp3) is 1.00. The van der Waals surface area contributed by atoms with E-state index in [-0.39, 0.29) is 12.8 Å². The Morgan fingerprint density at radius 1 is 0.862 bits per heavy atom. The Bertz CT molecular complexity index is 479. The van der Waals surface area contributed by atoms with Gasteiger partial charge in [-0.25, -0.2) is 4.57 Å². The maximum atomic E-state index is 12.4. The molecule has 0 saturated carbocycles. The summed E-state index contributed by atoms with van der Waals surface area (Å²) in [6.45, 7) is 4.07. The van der Waals surface area contributed by atoms with Crippen molar-refractivity contribution in [2.45, 2.75) is 90.6 Å². The van der Waals surface area contributed by atoms with Crippen LogP contribution >= 0.6 is 27.2 Å². The van der Waals surface area contributed by atoms with Gasteiger partial charge < -0.3 is 14.3 Å². The van der Waals surface area contributed by atoms with Gasteiger partial charge in [-0.3, -0.25) is 13.6 Å². The number of thioether (sulfide) groups is 1. The van der Waals surface area contributed by atoms with E-state index in [0.717, 1.165) is 51.4 Å². The summed E-state index contributed by atoms with van der Waals surface area (Å²) >= 11 is 1.61. The van der Waals surface area contributed by atoms with E-state index in [2.05, 4.69) is 18.4 Å². The molecule has 0 aromatic carbocycles. The second-order valence-corrected chi connectivity index (χ2v) is 11.9. The van der Waals surface area contributed by atoms with E-state index >= 15 is 0 Å². The van der Waals surface area contributed by atoms with E-state index < -0.39 is 21.5 Å². The van der Waals surface area contributed by atoms with Gasteiger partial charge in [0.05, 0.1) is 6.61 Å². The van der Waals surface area contributed by atoms with Crippen LogP contribution in [0.15, 0.2) is 0 Å². The summed E-state index contributed by atoms with van der Waals surface area (Å²) in [5, 5.41) is 0. The highest BCUT2D eigenvalue weighted by molar-refractivity contribution is 7.99. The SMILES string of the molecule is CCCCCCCCP(=O)(O)OC(COP(=O)(O)OC)CSCCCCCCC. The van der Waals surface area contributed by atoms with Crippen molar-refractivity contribution in [3.8, 4) is 0 Å². The topological polar surface area (TPSA) is 102 Å². The number of rotatable bonds is 21. The molecule has 0 saturated heterocycles. The van der Waals surface area contributed by atoms with Crippen LogP contribution in [-0.2, 0) is 22.7 Å². The van der Waals surface area contributed by atoms with Gasteiger partial charge in [-0.2, -0.15) is 11.8 Å². The zero-order chi connectivity index (χ0) is 22.0. The lowest BCUT2D eigenvalue weighted by molar-refractivity contribution is 0.0979. The molecule has 0 aromatic rings. The van der Waals surface area contributed by atoms with Crippen LogP contribution in [0.4, 0.5) is 0 Å². The smallest absolute Gasteiger partial charge is 0.324 e. The second-order valence-electron chi connectivity index (χ2n) is 7.29. The third-order valence-electron chi connectivity index (χ3n) is 4.46. The van der Waals surface area contributed by atoms with Gasteiger partial charge >= 0.3 is 15.4 Å². The van der Waals surface area contributed by atoms with Crippen molar-refractivity contribution in [2.75, 3.05) is 31.4 Å². The Kier molecular flexibility index (Phi) is 18.6. The molecule has 0 fully saturated rings. The highest BCUT2D eigenvalue weighted by Gasteiger charge is 2.28. The molecular formula is C19H42O7P2S. The average molecular weight is 477 g/mol. The van der Waals surface area contributed by atoms with Crippen LogP contribution in [0.5, 0.6) is 0 Å². The van der Waals surface area contributed by atoms with E-state index in [0.29, 0.717) is 12.2 Å². The first-order valence-corrected chi connectivity index (χ1v) is 15.3. The summed E-state index contributed by atoms with van der Waals surface area (Å²) in [6, 6.07) is 0. The van der Waals surface area contributed by atoms with Crippen LogP contribution in [0.1, 0.15) is 84.5 Å². The standard InChI is InChI=1S/C19H42O7P2S/c1-4-6-8-10-11-13-15-27(20,21)26-19(17-25-28(22,23)24-3)18-29-16-14-12-9-7-5-2/h19H,4-18H2,1-3H3,(H,20,21)(H,22,23). The van der Waals surface area contributed by atoms with Gasteiger partial charge in [-0.05, 0) is 18.6 Å². The number of phosphoric ester groups is 1. The summed E-state index contributed by atoms with van der Waals surface area (Å²) in [5.74, 6) is 1.34. The van der Waals surface area contributed by atoms with Crippen LogP contribution in [0.2, 0.25) is 0 Å². The molecule has 0 aliphatic heterocycles. The molecule has 0 rings (SSSR count). The Hall–Kier alpha value is 0.610. The minimum atomic E-state index is -4.15. The molecule has 0 aromatic heterocycles. The predicted octanol–water partition coefficient (Wildman–Crippen LogP) is 6.38. The van der Waals surface area contributed by atoms with Gasteiger partial charge in [0.15, 0.2) is 0 Å². The van der Waals surface area contributed by atoms with Crippen molar-refractivity contribution in [1.82, 2.24) is 0 Å². The molecular weight excluding hydrogens is 434 g/mol. The largest absolute Gasteiger partial charge is 0.472 e. The minimum Gasteiger partial charge on any atom is -0.324 e. The molecule has 29 heavy (non-hydrogen) atoms. The molecule has 7 nitrogen and oxygen atoms in total. The summed E-state index contributed by atoms with van der Waals surface area (Å²) in [5.41, 5.74) is 0. The van der Waals surface area contributed by atoms with Crippen LogP contribution in [-0.4, -0.2) is 47.3 Å². The summed E-state index contributed by atoms with van der Waals surface area (Å²) in [7, 11) is -6.84. The highest BCUT2D eigenvalue weighted by Crippen LogP contribution is 2.47. The van der Waals surface area contributed by atoms with Crippen LogP contribution in [0.25, 0.3) is 0 Å². The zero-order valence-corrected chi connectivity index (χ0v) is 21.0. The van der Waals surface area contributed by atoms with Gasteiger partial charge in [0.1, 0.15) is 6.10 Å². The third kappa shape index (κ3) is 19.1. The zero-order valence-electron chi connectivity index (χ0n) is 18.4. The van der Waals surface area contributed by atoms with Gasteiger partial charge in [0, 0.05) is 19.0 Å². The first-order chi connectivity index (χ1) is 13.8. The normalized spacial score (nSPS) is 17.0. The van der Waals surface area contributed by atoms with E-state index in [1.54, 1.807) is 11.8 Å². The van der Waals surface area contributed by atoms with E-state index in [9.17, 15) is 18.9 Å². The maximum Gasteiger partial charge on any atom is 0.472 e. The molecule has 0 aliphatic rings. The van der Waals surface area contributed by atoms with Crippen molar-refractivity contribution in [3.05, 3.63) is 0 Å². The van der Waals surface area contributed by atoms with Gasteiger partial charge in [0.25, 0.3) is 0 Å². The first kappa shape index (κ1) is 29.6. The molecule has 0 spiro atoms. The van der Waals surface area contributed by atoms with Crippen LogP contribution < -0.4 is 0 Å². The number of hydrogen-bond donors (Lipinski definition) is 2. The number of hydrogen-bond acceptors (Lipinski definition) is 6.